The smallest absolute Gasteiger partial charge is 0.127 e. The number of benzene rings is 3. The molecule has 1 unspecified atom stereocenters. The molecule has 0 amide bonds. The highest BCUT2D eigenvalue weighted by molar-refractivity contribution is 5.56. The molecule has 4 heteroatoms. The number of anilines is 2. The lowest BCUT2D eigenvalue weighted by atomic mass is 9.99. The number of rotatable bonds is 17. The summed E-state index contributed by atoms with van der Waals surface area (Å²) < 4.78 is 12.9. The second kappa shape index (κ2) is 16.1. The molecule has 1 atom stereocenters. The van der Waals surface area contributed by atoms with Gasteiger partial charge in [-0.3, -0.25) is 0 Å². The van der Waals surface area contributed by atoms with Gasteiger partial charge in [0.05, 0.1) is 13.2 Å². The lowest BCUT2D eigenvalue weighted by molar-refractivity contribution is 0.0647. The molecular weight excluding hydrogens is 468 g/mol. The molecule has 0 aromatic heterocycles. The Morgan fingerprint density at radius 2 is 1.32 bits per heavy atom. The van der Waals surface area contributed by atoms with Crippen molar-refractivity contribution in [1.82, 2.24) is 0 Å². The van der Waals surface area contributed by atoms with E-state index in [1.165, 1.54) is 37.1 Å². The highest BCUT2D eigenvalue weighted by Crippen LogP contribution is 2.37. The van der Waals surface area contributed by atoms with E-state index in [4.69, 9.17) is 9.47 Å². The van der Waals surface area contributed by atoms with E-state index >= 15 is 0 Å². The first-order valence-corrected chi connectivity index (χ1v) is 14.7. The third-order valence-electron chi connectivity index (χ3n) is 7.09. The minimum Gasteiger partial charge on any atom is -0.493 e. The van der Waals surface area contributed by atoms with Crippen molar-refractivity contribution in [3.63, 3.8) is 0 Å². The molecule has 0 heterocycles. The van der Waals surface area contributed by atoms with E-state index in [9.17, 15) is 0 Å². The topological polar surface area (TPSA) is 24.9 Å². The predicted octanol–water partition coefficient (Wildman–Crippen LogP) is 8.64. The molecule has 0 spiro atoms. The first kappa shape index (κ1) is 29.6. The van der Waals surface area contributed by atoms with Gasteiger partial charge in [0.15, 0.2) is 0 Å². The highest BCUT2D eigenvalue weighted by atomic mass is 16.5. The van der Waals surface area contributed by atoms with Gasteiger partial charge in [0.25, 0.3) is 0 Å². The number of nitrogens with zero attached hydrogens (tertiary/aromatic N) is 2. The van der Waals surface area contributed by atoms with Crippen molar-refractivity contribution in [3.8, 4) is 5.75 Å². The lowest BCUT2D eigenvalue weighted by Gasteiger charge is -2.27. The fourth-order valence-corrected chi connectivity index (χ4v) is 4.85. The Kier molecular flexibility index (Phi) is 12.5. The predicted molar refractivity (Wildman–Crippen MR) is 163 cm³/mol. The zero-order valence-electron chi connectivity index (χ0n) is 24.3. The first-order chi connectivity index (χ1) is 18.6. The Morgan fingerprint density at radius 3 is 1.89 bits per heavy atom. The maximum absolute atomic E-state index is 6.66. The van der Waals surface area contributed by atoms with Crippen LogP contribution in [0.2, 0.25) is 0 Å². The van der Waals surface area contributed by atoms with Gasteiger partial charge in [-0.25, -0.2) is 0 Å². The molecule has 0 aliphatic rings. The summed E-state index contributed by atoms with van der Waals surface area (Å²) in [6.07, 6.45) is 4.62. The van der Waals surface area contributed by atoms with Crippen LogP contribution in [-0.4, -0.2) is 32.8 Å². The first-order valence-electron chi connectivity index (χ1n) is 14.7. The van der Waals surface area contributed by atoms with Crippen molar-refractivity contribution in [2.75, 3.05) is 42.6 Å². The molecule has 0 radical (unpaired) electrons. The second-order valence-corrected chi connectivity index (χ2v) is 9.79. The van der Waals surface area contributed by atoms with E-state index in [2.05, 4.69) is 104 Å². The molecule has 38 heavy (non-hydrogen) atoms. The van der Waals surface area contributed by atoms with E-state index in [1.807, 2.05) is 13.0 Å². The molecule has 3 aromatic carbocycles. The minimum atomic E-state index is -0.226. The average Bonchev–Trinajstić information content (AvgIpc) is 2.96. The minimum absolute atomic E-state index is 0.226. The number of unbranched alkanes of at least 4 members (excludes halogenated alkanes) is 2. The fraction of sp³-hybridized carbons (Fsp3) is 0.471. The molecule has 0 aliphatic heterocycles. The Hall–Kier alpha value is -2.98. The Morgan fingerprint density at radius 1 is 0.684 bits per heavy atom. The molecule has 0 N–H and O–H groups in total. The zero-order chi connectivity index (χ0) is 27.2. The number of hydrogen-bond acceptors (Lipinski definition) is 4. The summed E-state index contributed by atoms with van der Waals surface area (Å²) in [5.41, 5.74) is 5.85. The van der Waals surface area contributed by atoms with Crippen LogP contribution in [0.3, 0.4) is 0 Å². The standard InChI is InChI=1S/C34H48N2O2/c1-6-11-24-36(25-12-7-2)30-20-18-29(19-21-30)34(38-27-28-16-14-13-15-17-28)32-23-22-31(35(8-3)9-4)26-33(32)37-10-5/h13-23,26,34H,6-12,24-25,27H2,1-5H3. The summed E-state index contributed by atoms with van der Waals surface area (Å²) in [6.45, 7) is 16.2. The Bertz CT molecular complexity index is 1040. The number of ether oxygens (including phenoxy) is 2. The summed E-state index contributed by atoms with van der Waals surface area (Å²) in [7, 11) is 0. The summed E-state index contributed by atoms with van der Waals surface area (Å²) >= 11 is 0. The third-order valence-corrected chi connectivity index (χ3v) is 7.09. The van der Waals surface area contributed by atoms with Gasteiger partial charge in [0.1, 0.15) is 11.9 Å². The molecule has 0 bridgehead atoms. The van der Waals surface area contributed by atoms with Crippen molar-refractivity contribution in [3.05, 3.63) is 89.5 Å². The molecule has 0 fully saturated rings. The summed E-state index contributed by atoms with van der Waals surface area (Å²) in [5, 5.41) is 0. The van der Waals surface area contributed by atoms with Crippen molar-refractivity contribution in [2.24, 2.45) is 0 Å². The van der Waals surface area contributed by atoms with Crippen LogP contribution < -0.4 is 14.5 Å². The van der Waals surface area contributed by atoms with Gasteiger partial charge in [-0.2, -0.15) is 0 Å². The molecule has 0 saturated carbocycles. The maximum Gasteiger partial charge on any atom is 0.127 e. The fourth-order valence-electron chi connectivity index (χ4n) is 4.85. The van der Waals surface area contributed by atoms with Crippen LogP contribution in [0.5, 0.6) is 5.75 Å². The van der Waals surface area contributed by atoms with Crippen LogP contribution in [-0.2, 0) is 11.3 Å². The van der Waals surface area contributed by atoms with Crippen LogP contribution in [0.1, 0.15) is 83.1 Å². The Labute approximate surface area is 231 Å². The maximum atomic E-state index is 6.66. The largest absolute Gasteiger partial charge is 0.493 e. The van der Waals surface area contributed by atoms with E-state index in [-0.39, 0.29) is 6.10 Å². The summed E-state index contributed by atoms with van der Waals surface area (Å²) in [5.74, 6) is 0.895. The van der Waals surface area contributed by atoms with E-state index in [0.717, 1.165) is 48.6 Å². The second-order valence-electron chi connectivity index (χ2n) is 9.79. The highest BCUT2D eigenvalue weighted by Gasteiger charge is 2.21. The van der Waals surface area contributed by atoms with Gasteiger partial charge in [-0.15, -0.1) is 0 Å². The van der Waals surface area contributed by atoms with Gasteiger partial charge in [0, 0.05) is 49.2 Å². The third kappa shape index (κ3) is 8.26. The molecule has 4 nitrogen and oxygen atoms in total. The van der Waals surface area contributed by atoms with Crippen molar-refractivity contribution >= 4 is 11.4 Å². The van der Waals surface area contributed by atoms with Gasteiger partial charge in [0.2, 0.25) is 0 Å². The molecule has 206 valence electrons. The van der Waals surface area contributed by atoms with E-state index in [1.54, 1.807) is 0 Å². The molecular formula is C34H48N2O2. The van der Waals surface area contributed by atoms with Crippen LogP contribution in [0.25, 0.3) is 0 Å². The van der Waals surface area contributed by atoms with Crippen LogP contribution in [0.4, 0.5) is 11.4 Å². The van der Waals surface area contributed by atoms with Gasteiger partial charge >= 0.3 is 0 Å². The van der Waals surface area contributed by atoms with Crippen molar-refractivity contribution in [1.29, 1.82) is 0 Å². The quantitative estimate of drug-likeness (QED) is 0.179. The molecule has 0 saturated heterocycles. The monoisotopic (exact) mass is 516 g/mol. The van der Waals surface area contributed by atoms with Crippen LogP contribution in [0, 0.1) is 0 Å². The molecule has 0 aliphatic carbocycles. The summed E-state index contributed by atoms with van der Waals surface area (Å²) in [4.78, 5) is 4.88. The van der Waals surface area contributed by atoms with Gasteiger partial charge in [-0.05, 0) is 62.9 Å². The van der Waals surface area contributed by atoms with E-state index in [0.29, 0.717) is 13.2 Å². The van der Waals surface area contributed by atoms with Gasteiger partial charge < -0.3 is 19.3 Å². The van der Waals surface area contributed by atoms with E-state index < -0.39 is 0 Å². The Balaban J connectivity index is 1.97. The summed E-state index contributed by atoms with van der Waals surface area (Å²) in [6, 6.07) is 26.0. The van der Waals surface area contributed by atoms with Crippen LogP contribution >= 0.6 is 0 Å². The van der Waals surface area contributed by atoms with Gasteiger partial charge in [-0.1, -0.05) is 75.2 Å². The normalized spacial score (nSPS) is 11.8. The molecule has 3 aromatic rings. The average molecular weight is 517 g/mol. The van der Waals surface area contributed by atoms with Crippen molar-refractivity contribution in [2.45, 2.75) is 73.0 Å². The zero-order valence-corrected chi connectivity index (χ0v) is 24.3. The van der Waals surface area contributed by atoms with Crippen LogP contribution in [0.15, 0.2) is 72.8 Å². The lowest BCUT2D eigenvalue weighted by Crippen LogP contribution is -2.25. The van der Waals surface area contributed by atoms with Crippen molar-refractivity contribution < 1.29 is 9.47 Å². The SMILES string of the molecule is CCCCN(CCCC)c1ccc(C(OCc2ccccc2)c2ccc(N(CC)CC)cc2OCC)cc1. The number of hydrogen-bond donors (Lipinski definition) is 0. The molecule has 3 rings (SSSR count).